The Bertz CT molecular complexity index is 511. The first kappa shape index (κ1) is 21.4. The van der Waals surface area contributed by atoms with Gasteiger partial charge in [0.1, 0.15) is 0 Å². The molecule has 0 spiro atoms. The Morgan fingerprint density at radius 1 is 1.04 bits per heavy atom. The van der Waals surface area contributed by atoms with Crippen LogP contribution < -0.4 is 0 Å². The summed E-state index contributed by atoms with van der Waals surface area (Å²) < 4.78 is 0. The lowest BCUT2D eigenvalue weighted by Gasteiger charge is -2.14. The molecule has 0 saturated heterocycles. The lowest BCUT2D eigenvalue weighted by molar-refractivity contribution is 0.505. The monoisotopic (exact) mass is 312 g/mol. The minimum absolute atomic E-state index is 0.787. The van der Waals surface area contributed by atoms with Gasteiger partial charge >= 0.3 is 0 Å². The van der Waals surface area contributed by atoms with Crippen LogP contribution in [0.15, 0.2) is 48.6 Å². The van der Waals surface area contributed by atoms with E-state index in [2.05, 4.69) is 72.1 Å². The molecule has 0 atom stereocenters. The topological polar surface area (TPSA) is 0 Å². The second-order valence-electron chi connectivity index (χ2n) is 6.59. The molecule has 0 N–H and O–H groups in total. The first-order valence-electron chi connectivity index (χ1n) is 8.88. The van der Waals surface area contributed by atoms with Crippen LogP contribution in [0.5, 0.6) is 0 Å². The normalized spacial score (nSPS) is 10.6. The molecule has 1 aromatic rings. The summed E-state index contributed by atoms with van der Waals surface area (Å²) in [6, 6.07) is 6.34. The summed E-state index contributed by atoms with van der Waals surface area (Å²) >= 11 is 0. The molecule has 0 amide bonds. The lowest BCUT2D eigenvalue weighted by Crippen LogP contribution is -1.99. The van der Waals surface area contributed by atoms with Crippen LogP contribution in [-0.4, -0.2) is 0 Å². The molecule has 0 fully saturated rings. The Labute approximate surface area is 145 Å². The van der Waals surface area contributed by atoms with Crippen LogP contribution in [0.2, 0.25) is 0 Å². The molecule has 1 rings (SSSR count). The third-order valence-electron chi connectivity index (χ3n) is 4.17. The fourth-order valence-electron chi connectivity index (χ4n) is 2.52. The van der Waals surface area contributed by atoms with Gasteiger partial charge in [-0.25, -0.2) is 0 Å². The van der Waals surface area contributed by atoms with Gasteiger partial charge in [0.2, 0.25) is 0 Å². The number of benzene rings is 1. The van der Waals surface area contributed by atoms with E-state index in [0.29, 0.717) is 0 Å². The molecule has 0 saturated carbocycles. The predicted molar refractivity (Wildman–Crippen MR) is 108 cm³/mol. The third kappa shape index (κ3) is 9.23. The zero-order valence-corrected chi connectivity index (χ0v) is 16.2. The zero-order valence-electron chi connectivity index (χ0n) is 16.2. The highest BCUT2D eigenvalue weighted by molar-refractivity contribution is 5.57. The van der Waals surface area contributed by atoms with Crippen molar-refractivity contribution in [3.8, 4) is 0 Å². The largest absolute Gasteiger partial charge is 0.0999 e. The molecule has 0 heteroatoms. The van der Waals surface area contributed by atoms with Crippen molar-refractivity contribution in [2.45, 2.75) is 67.2 Å². The minimum atomic E-state index is 0.787. The van der Waals surface area contributed by atoms with Crippen LogP contribution in [-0.2, 0) is 0 Å². The van der Waals surface area contributed by atoms with E-state index < -0.39 is 0 Å². The van der Waals surface area contributed by atoms with E-state index in [1.165, 1.54) is 47.9 Å². The van der Waals surface area contributed by atoms with E-state index in [4.69, 9.17) is 0 Å². The van der Waals surface area contributed by atoms with Gasteiger partial charge in [0.05, 0.1) is 0 Å². The van der Waals surface area contributed by atoms with Crippen molar-refractivity contribution < 1.29 is 0 Å². The molecule has 0 radical (unpaired) electrons. The summed E-state index contributed by atoms with van der Waals surface area (Å²) in [6.45, 7) is 20.7. The van der Waals surface area contributed by atoms with Crippen LogP contribution >= 0.6 is 0 Å². The van der Waals surface area contributed by atoms with Crippen molar-refractivity contribution in [1.29, 1.82) is 0 Å². The van der Waals surface area contributed by atoms with Gasteiger partial charge in [-0.3, -0.25) is 0 Å². The molecule has 0 aliphatic carbocycles. The minimum Gasteiger partial charge on any atom is -0.0999 e. The Hall–Kier alpha value is -1.56. The summed E-state index contributed by atoms with van der Waals surface area (Å²) in [5, 5.41) is 0. The van der Waals surface area contributed by atoms with E-state index in [-0.39, 0.29) is 0 Å². The lowest BCUT2D eigenvalue weighted by atomic mass is 9.92. The molecule has 0 bridgehead atoms. The summed E-state index contributed by atoms with van der Waals surface area (Å²) in [7, 11) is 0. The summed E-state index contributed by atoms with van der Waals surface area (Å²) in [5.74, 6) is 0.787. The average molecular weight is 313 g/mol. The molecule has 0 unspecified atom stereocenters. The second kappa shape index (κ2) is 11.9. The number of allylic oxidation sites excluding steroid dienone is 3. The van der Waals surface area contributed by atoms with Gasteiger partial charge in [0.15, 0.2) is 0 Å². The van der Waals surface area contributed by atoms with Crippen molar-refractivity contribution >= 4 is 6.08 Å². The van der Waals surface area contributed by atoms with E-state index >= 15 is 0 Å². The van der Waals surface area contributed by atoms with Crippen molar-refractivity contribution in [2.24, 2.45) is 5.92 Å². The van der Waals surface area contributed by atoms with Crippen LogP contribution in [0.3, 0.4) is 0 Å². The molecule has 1 aromatic carbocycles. The van der Waals surface area contributed by atoms with Crippen molar-refractivity contribution in [3.05, 3.63) is 65.3 Å². The fourth-order valence-corrected chi connectivity index (χ4v) is 2.52. The first-order chi connectivity index (χ1) is 10.8. The van der Waals surface area contributed by atoms with Gasteiger partial charge in [-0.15, -0.1) is 0 Å². The molecule has 23 heavy (non-hydrogen) atoms. The predicted octanol–water partition coefficient (Wildman–Crippen LogP) is 7.67. The van der Waals surface area contributed by atoms with E-state index in [1.807, 2.05) is 13.0 Å². The van der Waals surface area contributed by atoms with Gasteiger partial charge in [0, 0.05) is 0 Å². The van der Waals surface area contributed by atoms with E-state index in [9.17, 15) is 0 Å². The van der Waals surface area contributed by atoms with Crippen molar-refractivity contribution in [1.82, 2.24) is 0 Å². The maximum absolute atomic E-state index is 3.99. The smallest absolute Gasteiger partial charge is 0.0209 e. The van der Waals surface area contributed by atoms with Gasteiger partial charge in [-0.05, 0) is 63.1 Å². The Morgan fingerprint density at radius 3 is 2.04 bits per heavy atom. The molecule has 0 aromatic heterocycles. The quantitative estimate of drug-likeness (QED) is 0.358. The molecular formula is C23H36. The number of aryl methyl sites for hydroxylation is 1. The fraction of sp³-hybridized carbons (Fsp3) is 0.478. The highest BCUT2D eigenvalue weighted by Gasteiger charge is 2.05. The van der Waals surface area contributed by atoms with Gasteiger partial charge in [-0.1, -0.05) is 81.3 Å². The Balaban J connectivity index is 0.000000438. The molecule has 0 nitrogen and oxygen atoms in total. The average Bonchev–Trinajstić information content (AvgIpc) is 2.49. The maximum atomic E-state index is 3.99. The standard InChI is InChI=1S/C13H16.C10H20/c1-10(2)8-9-13-7-5-6-11(3)12(13)4;1-5-7-10(8-6-2)9(3)4/h5-9H,1H2,2-4H3;10H,3,5-8H2,1-2,4H3/b9-8-;. The molecule has 0 aliphatic rings. The van der Waals surface area contributed by atoms with Gasteiger partial charge in [-0.2, -0.15) is 0 Å². The number of hydrogen-bond acceptors (Lipinski definition) is 0. The summed E-state index contributed by atoms with van der Waals surface area (Å²) in [6.07, 6.45) is 9.38. The number of hydrogen-bond donors (Lipinski definition) is 0. The summed E-state index contributed by atoms with van der Waals surface area (Å²) in [5.41, 5.74) is 6.41. The van der Waals surface area contributed by atoms with E-state index in [1.54, 1.807) is 0 Å². The Kier molecular flexibility index (Phi) is 11.1. The molecule has 128 valence electrons. The molecule has 0 heterocycles. The SMILES string of the molecule is C=C(C)/C=C\c1cccc(C)c1C.C=C(C)C(CCC)CCC. The molecular weight excluding hydrogens is 276 g/mol. The third-order valence-corrected chi connectivity index (χ3v) is 4.17. The van der Waals surface area contributed by atoms with Crippen LogP contribution in [0.1, 0.15) is 70.1 Å². The van der Waals surface area contributed by atoms with Crippen LogP contribution in [0.4, 0.5) is 0 Å². The highest BCUT2D eigenvalue weighted by Crippen LogP contribution is 2.20. The maximum Gasteiger partial charge on any atom is -0.0209 e. The van der Waals surface area contributed by atoms with Crippen molar-refractivity contribution in [3.63, 3.8) is 0 Å². The Morgan fingerprint density at radius 2 is 1.61 bits per heavy atom. The van der Waals surface area contributed by atoms with Gasteiger partial charge in [0.25, 0.3) is 0 Å². The van der Waals surface area contributed by atoms with Crippen molar-refractivity contribution in [2.75, 3.05) is 0 Å². The second-order valence-corrected chi connectivity index (χ2v) is 6.59. The summed E-state index contributed by atoms with van der Waals surface area (Å²) in [4.78, 5) is 0. The molecule has 0 aliphatic heterocycles. The van der Waals surface area contributed by atoms with Gasteiger partial charge < -0.3 is 0 Å². The number of rotatable bonds is 7. The zero-order chi connectivity index (χ0) is 17.8. The van der Waals surface area contributed by atoms with Crippen LogP contribution in [0, 0.1) is 19.8 Å². The van der Waals surface area contributed by atoms with Crippen LogP contribution in [0.25, 0.3) is 6.08 Å². The first-order valence-corrected chi connectivity index (χ1v) is 8.88. The highest BCUT2D eigenvalue weighted by atomic mass is 14.1. The van der Waals surface area contributed by atoms with E-state index in [0.717, 1.165) is 11.5 Å².